The van der Waals surface area contributed by atoms with Gasteiger partial charge < -0.3 is 20.6 Å². The summed E-state index contributed by atoms with van der Waals surface area (Å²) >= 11 is 1.81. The Hall–Kier alpha value is -2.21. The van der Waals surface area contributed by atoms with Crippen molar-refractivity contribution in [3.05, 3.63) is 47.3 Å². The summed E-state index contributed by atoms with van der Waals surface area (Å²) in [4.78, 5) is 7.17. The van der Waals surface area contributed by atoms with Crippen molar-refractivity contribution in [2.24, 2.45) is 4.99 Å². The summed E-state index contributed by atoms with van der Waals surface area (Å²) in [5.74, 6) is 1.20. The molecule has 0 atom stereocenters. The number of phenols is 1. The Labute approximate surface area is 159 Å². The van der Waals surface area contributed by atoms with Gasteiger partial charge >= 0.3 is 0 Å². The van der Waals surface area contributed by atoms with Crippen LogP contribution in [-0.4, -0.2) is 43.3 Å². The number of aliphatic imine (C=N–C) groups is 1. The van der Waals surface area contributed by atoms with Gasteiger partial charge in [-0.3, -0.25) is 4.99 Å². The molecule has 5 nitrogen and oxygen atoms in total. The molecular weight excluding hydrogens is 344 g/mol. The molecule has 0 unspecified atom stereocenters. The van der Waals surface area contributed by atoms with Gasteiger partial charge in [0.2, 0.25) is 0 Å². The van der Waals surface area contributed by atoms with Crippen molar-refractivity contribution < 1.29 is 5.11 Å². The number of hydrogen-bond donors (Lipinski definition) is 3. The van der Waals surface area contributed by atoms with Gasteiger partial charge in [0.25, 0.3) is 0 Å². The smallest absolute Gasteiger partial charge is 0.191 e. The number of guanidine groups is 1. The first-order valence-corrected chi connectivity index (χ1v) is 10.2. The normalized spacial score (nSPS) is 15.9. The molecule has 26 heavy (non-hydrogen) atoms. The van der Waals surface area contributed by atoms with Gasteiger partial charge in [-0.05, 0) is 61.4 Å². The van der Waals surface area contributed by atoms with Crippen LogP contribution in [-0.2, 0) is 6.42 Å². The van der Waals surface area contributed by atoms with Crippen LogP contribution in [0.2, 0.25) is 0 Å². The van der Waals surface area contributed by atoms with E-state index < -0.39 is 0 Å². The molecule has 0 radical (unpaired) electrons. The molecule has 6 heteroatoms. The van der Waals surface area contributed by atoms with E-state index in [1.54, 1.807) is 12.1 Å². The second-order valence-corrected chi connectivity index (χ2v) is 7.46. The molecule has 0 saturated carbocycles. The van der Waals surface area contributed by atoms with E-state index in [0.717, 1.165) is 50.4 Å². The maximum atomic E-state index is 9.55. The minimum absolute atomic E-state index is 0.314. The fourth-order valence-corrected chi connectivity index (χ4v) is 4.00. The fraction of sp³-hybridized carbons (Fsp3) is 0.450. The summed E-state index contributed by atoms with van der Waals surface area (Å²) < 4.78 is 0. The summed E-state index contributed by atoms with van der Waals surface area (Å²) in [6.07, 6.45) is 3.06. The molecule has 2 aromatic rings. The van der Waals surface area contributed by atoms with Crippen LogP contribution in [0.3, 0.4) is 0 Å². The fourth-order valence-electron chi connectivity index (χ4n) is 3.22. The third-order valence-corrected chi connectivity index (χ3v) is 5.51. The predicted octanol–water partition coefficient (Wildman–Crippen LogP) is 3.22. The van der Waals surface area contributed by atoms with Crippen LogP contribution in [0, 0.1) is 0 Å². The molecule has 1 fully saturated rings. The second kappa shape index (κ2) is 9.48. The molecule has 1 aromatic carbocycles. The molecule has 0 spiro atoms. The van der Waals surface area contributed by atoms with Gasteiger partial charge in [0.15, 0.2) is 5.96 Å². The zero-order valence-corrected chi connectivity index (χ0v) is 16.1. The summed E-state index contributed by atoms with van der Waals surface area (Å²) in [6, 6.07) is 12.2. The summed E-state index contributed by atoms with van der Waals surface area (Å²) in [5, 5.41) is 20.0. The molecule has 3 rings (SSSR count). The lowest BCUT2D eigenvalue weighted by Gasteiger charge is -2.33. The maximum absolute atomic E-state index is 9.55. The van der Waals surface area contributed by atoms with Gasteiger partial charge in [-0.1, -0.05) is 12.1 Å². The lowest BCUT2D eigenvalue weighted by Crippen LogP contribution is -2.48. The number of hydrogen-bond acceptors (Lipinski definition) is 4. The maximum Gasteiger partial charge on any atom is 0.191 e. The largest absolute Gasteiger partial charge is 0.508 e. The van der Waals surface area contributed by atoms with E-state index >= 15 is 0 Å². The minimum atomic E-state index is 0.314. The van der Waals surface area contributed by atoms with E-state index in [4.69, 9.17) is 4.99 Å². The van der Waals surface area contributed by atoms with E-state index in [1.807, 2.05) is 23.5 Å². The Balaban J connectivity index is 1.48. The van der Waals surface area contributed by atoms with Crippen LogP contribution in [0.15, 0.2) is 46.8 Å². The third-order valence-electron chi connectivity index (χ3n) is 4.58. The van der Waals surface area contributed by atoms with E-state index in [2.05, 4.69) is 40.0 Å². The van der Waals surface area contributed by atoms with Gasteiger partial charge in [0.05, 0.1) is 5.00 Å². The van der Waals surface area contributed by atoms with Crippen molar-refractivity contribution in [1.82, 2.24) is 10.6 Å². The van der Waals surface area contributed by atoms with Gasteiger partial charge in [-0.25, -0.2) is 0 Å². The Bertz CT molecular complexity index is 694. The number of thiophene rings is 1. The van der Waals surface area contributed by atoms with Crippen molar-refractivity contribution in [2.45, 2.75) is 32.2 Å². The first-order chi connectivity index (χ1) is 12.7. The zero-order valence-electron chi connectivity index (χ0n) is 15.3. The molecule has 2 heterocycles. The Kier molecular flexibility index (Phi) is 6.77. The summed E-state index contributed by atoms with van der Waals surface area (Å²) in [7, 11) is 0. The van der Waals surface area contributed by atoms with Crippen molar-refractivity contribution in [2.75, 3.05) is 31.1 Å². The highest BCUT2D eigenvalue weighted by Gasteiger charge is 2.20. The van der Waals surface area contributed by atoms with Gasteiger partial charge in [0, 0.05) is 32.2 Å². The number of piperidine rings is 1. The number of phenolic OH excluding ortho intramolecular Hbond substituents is 1. The molecule has 3 N–H and O–H groups in total. The minimum Gasteiger partial charge on any atom is -0.508 e. The van der Waals surface area contributed by atoms with Crippen molar-refractivity contribution in [1.29, 1.82) is 0 Å². The summed E-state index contributed by atoms with van der Waals surface area (Å²) in [6.45, 7) is 5.81. The lowest BCUT2D eigenvalue weighted by atomic mass is 10.1. The number of anilines is 1. The van der Waals surface area contributed by atoms with Crippen molar-refractivity contribution in [3.8, 4) is 5.75 Å². The van der Waals surface area contributed by atoms with E-state index in [9.17, 15) is 5.11 Å². The average Bonchev–Trinajstić information content (AvgIpc) is 3.17. The highest BCUT2D eigenvalue weighted by molar-refractivity contribution is 7.14. The molecule has 0 aliphatic carbocycles. The molecule has 1 saturated heterocycles. The number of nitrogens with zero attached hydrogens (tertiary/aromatic N) is 2. The topological polar surface area (TPSA) is 59.9 Å². The first kappa shape index (κ1) is 18.6. The Morgan fingerprint density at radius 3 is 2.81 bits per heavy atom. The highest BCUT2D eigenvalue weighted by atomic mass is 32.1. The SMILES string of the molecule is CCNC(=NCCc1cccc(O)c1)NC1CCN(c2cccs2)CC1. The highest BCUT2D eigenvalue weighted by Crippen LogP contribution is 2.24. The second-order valence-electron chi connectivity index (χ2n) is 6.54. The third kappa shape index (κ3) is 5.39. The van der Waals surface area contributed by atoms with Gasteiger partial charge in [-0.15, -0.1) is 11.3 Å². The molecule has 0 bridgehead atoms. The van der Waals surface area contributed by atoms with Crippen LogP contribution < -0.4 is 15.5 Å². The molecule has 140 valence electrons. The predicted molar refractivity (Wildman–Crippen MR) is 110 cm³/mol. The zero-order chi connectivity index (χ0) is 18.2. The number of benzene rings is 1. The van der Waals surface area contributed by atoms with Crippen molar-refractivity contribution in [3.63, 3.8) is 0 Å². The quantitative estimate of drug-likeness (QED) is 0.538. The average molecular weight is 373 g/mol. The number of aromatic hydroxyl groups is 1. The van der Waals surface area contributed by atoms with Gasteiger partial charge in [-0.2, -0.15) is 0 Å². The van der Waals surface area contributed by atoms with Crippen LogP contribution in [0.1, 0.15) is 25.3 Å². The number of nitrogens with one attached hydrogen (secondary N) is 2. The summed E-state index contributed by atoms with van der Waals surface area (Å²) in [5.41, 5.74) is 1.11. The lowest BCUT2D eigenvalue weighted by molar-refractivity contribution is 0.463. The van der Waals surface area contributed by atoms with Crippen LogP contribution in [0.25, 0.3) is 0 Å². The van der Waals surface area contributed by atoms with Crippen LogP contribution in [0.4, 0.5) is 5.00 Å². The van der Waals surface area contributed by atoms with Gasteiger partial charge in [0.1, 0.15) is 5.75 Å². The molecule has 1 aromatic heterocycles. The molecule has 1 aliphatic rings. The van der Waals surface area contributed by atoms with E-state index in [-0.39, 0.29) is 0 Å². The van der Waals surface area contributed by atoms with E-state index in [1.165, 1.54) is 5.00 Å². The van der Waals surface area contributed by atoms with Crippen LogP contribution >= 0.6 is 11.3 Å². The first-order valence-electron chi connectivity index (χ1n) is 9.36. The van der Waals surface area contributed by atoms with Crippen molar-refractivity contribution >= 4 is 22.3 Å². The van der Waals surface area contributed by atoms with E-state index in [0.29, 0.717) is 18.3 Å². The molecule has 0 amide bonds. The Morgan fingerprint density at radius 1 is 1.27 bits per heavy atom. The number of rotatable bonds is 6. The molecule has 1 aliphatic heterocycles. The standard InChI is InChI=1S/C20H28N4OS/c1-2-21-20(22-11-8-16-5-3-6-18(25)15-16)23-17-9-12-24(13-10-17)19-7-4-14-26-19/h3-7,14-15,17,25H,2,8-13H2,1H3,(H2,21,22,23). The Morgan fingerprint density at radius 2 is 2.12 bits per heavy atom. The monoisotopic (exact) mass is 372 g/mol. The molecular formula is C20H28N4OS. The van der Waals surface area contributed by atoms with Crippen LogP contribution in [0.5, 0.6) is 5.75 Å².